The highest BCUT2D eigenvalue weighted by atomic mass is 79.9. The predicted molar refractivity (Wildman–Crippen MR) is 124 cm³/mol. The van der Waals surface area contributed by atoms with Gasteiger partial charge in [0, 0.05) is 27.9 Å². The summed E-state index contributed by atoms with van der Waals surface area (Å²) in [5.74, 6) is 1.84. The quantitative estimate of drug-likeness (QED) is 0.337. The monoisotopic (exact) mass is 463 g/mol. The van der Waals surface area contributed by atoms with E-state index >= 15 is 0 Å². The molecule has 0 aliphatic rings. The van der Waals surface area contributed by atoms with Crippen LogP contribution < -0.4 is 5.32 Å². The molecule has 7 heteroatoms. The van der Waals surface area contributed by atoms with Crippen molar-refractivity contribution in [1.82, 2.24) is 19.9 Å². The van der Waals surface area contributed by atoms with E-state index in [2.05, 4.69) is 72.4 Å². The summed E-state index contributed by atoms with van der Waals surface area (Å²) in [6.45, 7) is 2.88. The number of hydrogen-bond donors (Lipinski definition) is 2. The van der Waals surface area contributed by atoms with Crippen molar-refractivity contribution in [1.29, 1.82) is 0 Å². The number of hydrogen-bond acceptors (Lipinski definition) is 5. The number of halogens is 1. The number of aromatic amines is 1. The fourth-order valence-electron chi connectivity index (χ4n) is 3.57. The molecular formula is C22H18BrN5S. The van der Waals surface area contributed by atoms with Crippen LogP contribution in [-0.2, 0) is 6.42 Å². The van der Waals surface area contributed by atoms with Gasteiger partial charge in [-0.15, -0.1) is 11.3 Å². The Hall–Kier alpha value is -2.77. The van der Waals surface area contributed by atoms with E-state index in [1.165, 1.54) is 16.0 Å². The van der Waals surface area contributed by atoms with E-state index < -0.39 is 0 Å². The third kappa shape index (κ3) is 3.52. The Morgan fingerprint density at radius 2 is 1.90 bits per heavy atom. The van der Waals surface area contributed by atoms with Crippen LogP contribution in [0, 0.1) is 6.92 Å². The van der Waals surface area contributed by atoms with Gasteiger partial charge in [-0.05, 0) is 36.8 Å². The fraction of sp³-hybridized carbons (Fsp3) is 0.136. The maximum absolute atomic E-state index is 4.65. The van der Waals surface area contributed by atoms with Gasteiger partial charge < -0.3 is 10.3 Å². The zero-order valence-corrected chi connectivity index (χ0v) is 18.1. The number of fused-ring (bicyclic) bond motifs is 2. The normalized spacial score (nSPS) is 11.4. The van der Waals surface area contributed by atoms with E-state index in [0.717, 1.165) is 50.3 Å². The van der Waals surface area contributed by atoms with Gasteiger partial charge in [0.05, 0.1) is 16.4 Å². The molecule has 0 aliphatic heterocycles. The van der Waals surface area contributed by atoms with Crippen LogP contribution in [0.25, 0.3) is 32.4 Å². The first-order chi connectivity index (χ1) is 14.2. The molecular weight excluding hydrogens is 446 g/mol. The maximum Gasteiger partial charge on any atom is 0.138 e. The number of para-hydroxylation sites is 2. The molecule has 5 aromatic rings. The van der Waals surface area contributed by atoms with Gasteiger partial charge in [-0.25, -0.2) is 15.0 Å². The van der Waals surface area contributed by atoms with Crippen LogP contribution in [0.5, 0.6) is 0 Å². The summed E-state index contributed by atoms with van der Waals surface area (Å²) in [6.07, 6.45) is 2.42. The van der Waals surface area contributed by atoms with Crippen LogP contribution in [-0.4, -0.2) is 26.5 Å². The van der Waals surface area contributed by atoms with E-state index in [9.17, 15) is 0 Å². The highest BCUT2D eigenvalue weighted by Crippen LogP contribution is 2.40. The molecule has 0 aliphatic carbocycles. The molecule has 2 N–H and O–H groups in total. The lowest BCUT2D eigenvalue weighted by Gasteiger charge is -2.08. The Bertz CT molecular complexity index is 1270. The van der Waals surface area contributed by atoms with Crippen molar-refractivity contribution in [3.05, 3.63) is 70.0 Å². The molecule has 0 fully saturated rings. The Balaban J connectivity index is 1.44. The summed E-state index contributed by atoms with van der Waals surface area (Å²) >= 11 is 5.22. The molecule has 3 aromatic heterocycles. The molecule has 3 heterocycles. The van der Waals surface area contributed by atoms with Crippen molar-refractivity contribution < 1.29 is 0 Å². The third-order valence-corrected chi connectivity index (χ3v) is 6.43. The van der Waals surface area contributed by atoms with Crippen molar-refractivity contribution >= 4 is 54.3 Å². The molecule has 0 saturated carbocycles. The fourth-order valence-corrected chi connectivity index (χ4v) is 4.84. The van der Waals surface area contributed by atoms with Crippen LogP contribution in [0.2, 0.25) is 0 Å². The minimum atomic E-state index is 0.737. The summed E-state index contributed by atoms with van der Waals surface area (Å²) in [5, 5.41) is 4.59. The summed E-state index contributed by atoms with van der Waals surface area (Å²) in [4.78, 5) is 19.3. The highest BCUT2D eigenvalue weighted by molar-refractivity contribution is 9.10. The Labute approximate surface area is 180 Å². The first-order valence-corrected chi connectivity index (χ1v) is 11.0. The van der Waals surface area contributed by atoms with Gasteiger partial charge in [0.1, 0.15) is 22.8 Å². The van der Waals surface area contributed by atoms with Crippen molar-refractivity contribution in [3.8, 4) is 11.1 Å². The minimum absolute atomic E-state index is 0.737. The van der Waals surface area contributed by atoms with Crippen LogP contribution in [0.3, 0.4) is 0 Å². The molecule has 29 heavy (non-hydrogen) atoms. The maximum atomic E-state index is 4.65. The van der Waals surface area contributed by atoms with Crippen molar-refractivity contribution in [2.75, 3.05) is 11.9 Å². The average Bonchev–Trinajstić information content (AvgIpc) is 3.29. The van der Waals surface area contributed by atoms with Gasteiger partial charge in [-0.3, -0.25) is 0 Å². The number of imidazole rings is 1. The number of benzene rings is 2. The number of anilines is 1. The third-order valence-electron chi connectivity index (χ3n) is 4.89. The first kappa shape index (κ1) is 18.3. The standard InChI is InChI=1S/C22H18BrN5S/c1-13-19(14-6-8-15(23)9-7-14)20-21(25-12-26-22(20)29-13)24-11-10-18-27-16-4-2-3-5-17(16)28-18/h2-9,12H,10-11H2,1H3,(H,27,28)(H,24,25,26). The highest BCUT2D eigenvalue weighted by Gasteiger charge is 2.16. The van der Waals surface area contributed by atoms with Gasteiger partial charge in [0.15, 0.2) is 0 Å². The van der Waals surface area contributed by atoms with E-state index in [0.29, 0.717) is 0 Å². The predicted octanol–water partition coefficient (Wildman–Crippen LogP) is 5.96. The van der Waals surface area contributed by atoms with E-state index in [1.807, 2.05) is 24.3 Å². The van der Waals surface area contributed by atoms with E-state index in [4.69, 9.17) is 0 Å². The van der Waals surface area contributed by atoms with Crippen LogP contribution in [0.15, 0.2) is 59.3 Å². The number of aryl methyl sites for hydroxylation is 1. The number of aromatic nitrogens is 4. The van der Waals surface area contributed by atoms with Gasteiger partial charge in [0.25, 0.3) is 0 Å². The average molecular weight is 464 g/mol. The Kier molecular flexibility index (Phi) is 4.77. The molecule has 0 amide bonds. The Morgan fingerprint density at radius 3 is 2.72 bits per heavy atom. The second-order valence-corrected chi connectivity index (χ2v) is 8.94. The van der Waals surface area contributed by atoms with Gasteiger partial charge >= 0.3 is 0 Å². The zero-order valence-electron chi connectivity index (χ0n) is 15.7. The zero-order chi connectivity index (χ0) is 19.8. The van der Waals surface area contributed by atoms with Crippen molar-refractivity contribution in [2.45, 2.75) is 13.3 Å². The molecule has 5 nitrogen and oxygen atoms in total. The molecule has 0 spiro atoms. The molecule has 2 aromatic carbocycles. The lowest BCUT2D eigenvalue weighted by molar-refractivity contribution is 0.929. The topological polar surface area (TPSA) is 66.5 Å². The summed E-state index contributed by atoms with van der Waals surface area (Å²) in [6, 6.07) is 16.5. The summed E-state index contributed by atoms with van der Waals surface area (Å²) < 4.78 is 1.07. The second-order valence-electron chi connectivity index (χ2n) is 6.82. The summed E-state index contributed by atoms with van der Waals surface area (Å²) in [5.41, 5.74) is 4.44. The second kappa shape index (κ2) is 7.57. The first-order valence-electron chi connectivity index (χ1n) is 9.36. The smallest absolute Gasteiger partial charge is 0.138 e. The van der Waals surface area contributed by atoms with Gasteiger partial charge in [-0.2, -0.15) is 0 Å². The van der Waals surface area contributed by atoms with E-state index in [-0.39, 0.29) is 0 Å². The van der Waals surface area contributed by atoms with E-state index in [1.54, 1.807) is 17.7 Å². The molecule has 144 valence electrons. The molecule has 5 rings (SSSR count). The van der Waals surface area contributed by atoms with Crippen molar-refractivity contribution in [2.24, 2.45) is 0 Å². The molecule has 0 atom stereocenters. The van der Waals surface area contributed by atoms with Gasteiger partial charge in [0.2, 0.25) is 0 Å². The number of H-pyrrole nitrogens is 1. The lowest BCUT2D eigenvalue weighted by atomic mass is 10.0. The van der Waals surface area contributed by atoms with Crippen LogP contribution >= 0.6 is 27.3 Å². The number of nitrogens with one attached hydrogen (secondary N) is 2. The number of rotatable bonds is 5. The summed E-state index contributed by atoms with van der Waals surface area (Å²) in [7, 11) is 0. The number of nitrogens with zero attached hydrogens (tertiary/aromatic N) is 3. The largest absolute Gasteiger partial charge is 0.369 e. The Morgan fingerprint density at radius 1 is 1.07 bits per heavy atom. The minimum Gasteiger partial charge on any atom is -0.369 e. The molecule has 0 unspecified atom stereocenters. The van der Waals surface area contributed by atoms with Crippen LogP contribution in [0.1, 0.15) is 10.7 Å². The number of thiophene rings is 1. The van der Waals surface area contributed by atoms with Crippen molar-refractivity contribution in [3.63, 3.8) is 0 Å². The van der Waals surface area contributed by atoms with Gasteiger partial charge in [-0.1, -0.05) is 40.2 Å². The lowest BCUT2D eigenvalue weighted by Crippen LogP contribution is -2.08. The van der Waals surface area contributed by atoms with Crippen LogP contribution in [0.4, 0.5) is 5.82 Å². The molecule has 0 saturated heterocycles. The molecule has 0 bridgehead atoms. The SMILES string of the molecule is Cc1sc2ncnc(NCCc3nc4ccccc4[nH]3)c2c1-c1ccc(Br)cc1. The molecule has 0 radical (unpaired) electrons.